The van der Waals surface area contributed by atoms with Crippen LogP contribution < -0.4 is 4.89 Å². The zero-order valence-electron chi connectivity index (χ0n) is 38.0. The summed E-state index contributed by atoms with van der Waals surface area (Å²) in [6, 6.07) is 0. The number of likely N-dealkylation sites (N-methyl/N-ethyl adjacent to an activating group) is 1. The van der Waals surface area contributed by atoms with Crippen molar-refractivity contribution >= 4 is 13.8 Å². The second-order valence-corrected chi connectivity index (χ2v) is 18.5. The lowest BCUT2D eigenvalue weighted by molar-refractivity contribution is -0.870. The van der Waals surface area contributed by atoms with Gasteiger partial charge in [-0.15, -0.1) is 0 Å². The van der Waals surface area contributed by atoms with Gasteiger partial charge in [0.2, 0.25) is 0 Å². The third-order valence-corrected chi connectivity index (χ3v) is 11.2. The van der Waals surface area contributed by atoms with Gasteiger partial charge in [-0.3, -0.25) is 9.36 Å². The van der Waals surface area contributed by atoms with Crippen LogP contribution in [0.2, 0.25) is 0 Å². The number of rotatable bonds is 44. The Hall–Kier alpha value is -1.28. The number of hydrogen-bond acceptors (Lipinski definition) is 7. The maximum atomic E-state index is 12.7. The molecule has 0 saturated carbocycles. The van der Waals surface area contributed by atoms with Crippen LogP contribution in [0.1, 0.15) is 206 Å². The van der Waals surface area contributed by atoms with Gasteiger partial charge < -0.3 is 27.9 Å². The highest BCUT2D eigenvalue weighted by Crippen LogP contribution is 2.38. The summed E-state index contributed by atoms with van der Waals surface area (Å²) < 4.78 is 34.6. The van der Waals surface area contributed by atoms with E-state index in [9.17, 15) is 14.3 Å². The number of esters is 1. The van der Waals surface area contributed by atoms with Gasteiger partial charge in [0.05, 0.1) is 34.4 Å². The van der Waals surface area contributed by atoms with E-state index in [-0.39, 0.29) is 25.8 Å². The lowest BCUT2D eigenvalue weighted by Gasteiger charge is -2.28. The Labute approximate surface area is 353 Å². The number of phosphoric ester groups is 1. The molecule has 0 heterocycles. The molecule has 0 aromatic carbocycles. The number of ether oxygens (including phenoxy) is 2. The van der Waals surface area contributed by atoms with Gasteiger partial charge in [0, 0.05) is 13.0 Å². The van der Waals surface area contributed by atoms with Gasteiger partial charge in [0.15, 0.2) is 0 Å². The van der Waals surface area contributed by atoms with Gasteiger partial charge in [-0.25, -0.2) is 0 Å². The highest BCUT2D eigenvalue weighted by molar-refractivity contribution is 7.45. The lowest BCUT2D eigenvalue weighted by atomic mass is 10.0. The monoisotopic (exact) mass is 826 g/mol. The second kappa shape index (κ2) is 41.5. The summed E-state index contributed by atoms with van der Waals surface area (Å²) in [6.07, 6.45) is 48.8. The molecule has 0 fully saturated rings. The van der Waals surface area contributed by atoms with E-state index in [1.165, 1.54) is 116 Å². The summed E-state index contributed by atoms with van der Waals surface area (Å²) in [5, 5.41) is 0. The molecule has 0 aromatic heterocycles. The van der Waals surface area contributed by atoms with E-state index in [0.717, 1.165) is 70.6 Å². The fourth-order valence-electron chi connectivity index (χ4n) is 6.56. The van der Waals surface area contributed by atoms with Crippen molar-refractivity contribution in [2.45, 2.75) is 213 Å². The number of phosphoric acid groups is 1. The van der Waals surface area contributed by atoms with E-state index in [0.29, 0.717) is 24.1 Å². The van der Waals surface area contributed by atoms with Crippen LogP contribution in [0, 0.1) is 0 Å². The number of nitrogens with zero attached hydrogens (tertiary/aromatic N) is 1. The number of hydrogen-bond donors (Lipinski definition) is 0. The Morgan fingerprint density at radius 2 is 1.02 bits per heavy atom. The van der Waals surface area contributed by atoms with Gasteiger partial charge >= 0.3 is 5.97 Å². The minimum Gasteiger partial charge on any atom is -0.756 e. The van der Waals surface area contributed by atoms with Crippen molar-refractivity contribution in [3.63, 3.8) is 0 Å². The number of allylic oxidation sites excluding steroid dienone is 6. The Bertz CT molecular complexity index is 1010. The quantitative estimate of drug-likeness (QED) is 0.0198. The first kappa shape index (κ1) is 55.7. The summed E-state index contributed by atoms with van der Waals surface area (Å²) in [6.45, 7) is 5.31. The van der Waals surface area contributed by atoms with Crippen LogP contribution in [0.15, 0.2) is 36.5 Å². The van der Waals surface area contributed by atoms with Crippen LogP contribution >= 0.6 is 7.82 Å². The molecule has 9 heteroatoms. The number of carbonyl (C=O) groups excluding carboxylic acids is 1. The fourth-order valence-corrected chi connectivity index (χ4v) is 7.29. The van der Waals surface area contributed by atoms with E-state index in [1.807, 2.05) is 21.1 Å². The molecular weight excluding hydrogens is 734 g/mol. The average molecular weight is 826 g/mol. The molecule has 336 valence electrons. The van der Waals surface area contributed by atoms with Crippen molar-refractivity contribution < 1.29 is 37.3 Å². The van der Waals surface area contributed by atoms with Crippen molar-refractivity contribution in [2.75, 3.05) is 54.1 Å². The number of carbonyl (C=O) groups is 1. The van der Waals surface area contributed by atoms with Crippen LogP contribution in [-0.2, 0) is 27.9 Å². The minimum absolute atomic E-state index is 0.0233. The lowest BCUT2D eigenvalue weighted by Crippen LogP contribution is -2.37. The van der Waals surface area contributed by atoms with Gasteiger partial charge in [0.25, 0.3) is 7.82 Å². The molecule has 0 aliphatic rings. The van der Waals surface area contributed by atoms with Gasteiger partial charge in [-0.1, -0.05) is 192 Å². The highest BCUT2D eigenvalue weighted by Gasteiger charge is 2.20. The Morgan fingerprint density at radius 3 is 1.53 bits per heavy atom. The van der Waals surface area contributed by atoms with Crippen LogP contribution in [0.5, 0.6) is 0 Å². The molecule has 0 aliphatic heterocycles. The maximum absolute atomic E-state index is 12.7. The molecule has 2 atom stereocenters. The summed E-state index contributed by atoms with van der Waals surface area (Å²) in [5.41, 5.74) is 0. The predicted octanol–water partition coefficient (Wildman–Crippen LogP) is 13.5. The molecule has 0 amide bonds. The second-order valence-electron chi connectivity index (χ2n) is 17.1. The van der Waals surface area contributed by atoms with E-state index in [2.05, 4.69) is 50.3 Å². The zero-order chi connectivity index (χ0) is 42.0. The Balaban J connectivity index is 4.16. The fraction of sp³-hybridized carbons (Fsp3) is 0.854. The maximum Gasteiger partial charge on any atom is 0.306 e. The minimum atomic E-state index is -4.53. The zero-order valence-corrected chi connectivity index (χ0v) is 38.9. The smallest absolute Gasteiger partial charge is 0.306 e. The van der Waals surface area contributed by atoms with E-state index in [1.54, 1.807) is 0 Å². The average Bonchev–Trinajstić information content (AvgIpc) is 3.16. The molecule has 0 aromatic rings. The van der Waals surface area contributed by atoms with Crippen LogP contribution in [-0.4, -0.2) is 70.7 Å². The summed E-state index contributed by atoms with van der Waals surface area (Å²) in [4.78, 5) is 25.1. The normalized spacial score (nSPS) is 14.0. The SMILES string of the molecule is CC/C=C\C/C=C\C/C=C\CCCCCCCC(=O)OC(COCCCCCCCCCCCCCCCCCCCCCC)COP(=O)([O-])OCC[N+](C)(C)C. The third-order valence-electron chi connectivity index (χ3n) is 10.2. The topological polar surface area (TPSA) is 94.1 Å². The molecule has 0 spiro atoms. The molecule has 2 unspecified atom stereocenters. The largest absolute Gasteiger partial charge is 0.756 e. The highest BCUT2D eigenvalue weighted by atomic mass is 31.2. The van der Waals surface area contributed by atoms with Crippen LogP contribution in [0.25, 0.3) is 0 Å². The first-order valence-electron chi connectivity index (χ1n) is 23.7. The van der Waals surface area contributed by atoms with E-state index >= 15 is 0 Å². The summed E-state index contributed by atoms with van der Waals surface area (Å²) in [5.74, 6) is -0.348. The molecule has 0 N–H and O–H groups in total. The molecule has 8 nitrogen and oxygen atoms in total. The summed E-state index contributed by atoms with van der Waals surface area (Å²) in [7, 11) is 1.35. The first-order valence-corrected chi connectivity index (χ1v) is 25.2. The van der Waals surface area contributed by atoms with Crippen LogP contribution in [0.4, 0.5) is 0 Å². The van der Waals surface area contributed by atoms with Gasteiger partial charge in [0.1, 0.15) is 19.3 Å². The number of quaternary nitrogens is 1. The Morgan fingerprint density at radius 1 is 0.561 bits per heavy atom. The van der Waals surface area contributed by atoms with Crippen molar-refractivity contribution in [1.82, 2.24) is 0 Å². The van der Waals surface area contributed by atoms with Gasteiger partial charge in [-0.05, 0) is 44.9 Å². The van der Waals surface area contributed by atoms with Crippen molar-refractivity contribution in [1.29, 1.82) is 0 Å². The van der Waals surface area contributed by atoms with Crippen molar-refractivity contribution in [3.8, 4) is 0 Å². The van der Waals surface area contributed by atoms with E-state index in [4.69, 9.17) is 18.5 Å². The van der Waals surface area contributed by atoms with Crippen LogP contribution in [0.3, 0.4) is 0 Å². The molecule has 0 radical (unpaired) electrons. The Kier molecular flexibility index (Phi) is 40.5. The molecule has 57 heavy (non-hydrogen) atoms. The first-order chi connectivity index (χ1) is 27.6. The van der Waals surface area contributed by atoms with E-state index < -0.39 is 13.9 Å². The molecule has 0 aliphatic carbocycles. The number of unbranched alkanes of at least 4 members (excludes halogenated alkanes) is 24. The van der Waals surface area contributed by atoms with Crippen molar-refractivity contribution in [3.05, 3.63) is 36.5 Å². The summed E-state index contributed by atoms with van der Waals surface area (Å²) >= 11 is 0. The van der Waals surface area contributed by atoms with Crippen molar-refractivity contribution in [2.24, 2.45) is 0 Å². The third kappa shape index (κ3) is 45.7. The standard InChI is InChI=1S/C48H92NO7P/c1-6-8-10-12-14-16-18-20-22-23-24-25-26-28-30-32-34-36-38-40-43-53-45-47(46-55-57(51,52)54-44-42-49(3,4)5)56-48(50)41-39-37-35-33-31-29-27-21-19-17-15-13-11-9-7-2/h9,11,15,17,21,27,47H,6-8,10,12-14,16,18-20,22-26,28-46H2,1-5H3/b11-9-,17-15-,27-21-. The predicted molar refractivity (Wildman–Crippen MR) is 240 cm³/mol. The molecule has 0 saturated heterocycles. The molecular formula is C48H92NO7P. The molecule has 0 bridgehead atoms. The molecule has 0 rings (SSSR count). The van der Waals surface area contributed by atoms with Gasteiger partial charge in [-0.2, -0.15) is 0 Å².